The smallest absolute Gasteiger partial charge is 0.223 e. The van der Waals surface area contributed by atoms with Crippen molar-refractivity contribution in [3.63, 3.8) is 0 Å². The van der Waals surface area contributed by atoms with Crippen LogP contribution >= 0.6 is 0 Å². The van der Waals surface area contributed by atoms with E-state index in [1.54, 1.807) is 0 Å². The predicted octanol–water partition coefficient (Wildman–Crippen LogP) is 1.67. The molecule has 3 heteroatoms. The standard InChI is InChI=1S/C12H24N2O/c1-3-12(4-2,8-13)9-14-11(15)10-6-5-7-10/h10H,3-9,13H2,1-2H3,(H,14,15). The number of amides is 1. The Kier molecular flexibility index (Phi) is 4.58. The van der Waals surface area contributed by atoms with Crippen LogP contribution in [0.3, 0.4) is 0 Å². The summed E-state index contributed by atoms with van der Waals surface area (Å²) in [5, 5.41) is 3.06. The highest BCUT2D eigenvalue weighted by Crippen LogP contribution is 2.27. The second-order valence-corrected chi connectivity index (χ2v) is 4.76. The number of carbonyl (C=O) groups is 1. The topological polar surface area (TPSA) is 55.1 Å². The van der Waals surface area contributed by atoms with Gasteiger partial charge in [-0.05, 0) is 37.6 Å². The molecule has 1 amide bonds. The molecule has 0 radical (unpaired) electrons. The van der Waals surface area contributed by atoms with Gasteiger partial charge < -0.3 is 11.1 Å². The lowest BCUT2D eigenvalue weighted by atomic mass is 9.81. The number of hydrogen-bond acceptors (Lipinski definition) is 2. The van der Waals surface area contributed by atoms with Gasteiger partial charge in [0.25, 0.3) is 0 Å². The first-order valence-corrected chi connectivity index (χ1v) is 6.15. The highest BCUT2D eigenvalue weighted by Gasteiger charge is 2.29. The summed E-state index contributed by atoms with van der Waals surface area (Å²) in [5.41, 5.74) is 5.90. The van der Waals surface area contributed by atoms with E-state index in [0.29, 0.717) is 6.54 Å². The van der Waals surface area contributed by atoms with Gasteiger partial charge in [0.15, 0.2) is 0 Å². The molecule has 0 bridgehead atoms. The molecule has 0 heterocycles. The van der Waals surface area contributed by atoms with E-state index < -0.39 is 0 Å². The van der Waals surface area contributed by atoms with Crippen molar-refractivity contribution in [3.8, 4) is 0 Å². The summed E-state index contributed by atoms with van der Waals surface area (Å²) in [6, 6.07) is 0. The molecular weight excluding hydrogens is 188 g/mol. The van der Waals surface area contributed by atoms with E-state index in [1.807, 2.05) is 0 Å². The Morgan fingerprint density at radius 2 is 2.00 bits per heavy atom. The first-order chi connectivity index (χ1) is 7.17. The number of rotatable bonds is 6. The van der Waals surface area contributed by atoms with Crippen molar-refractivity contribution in [1.82, 2.24) is 5.32 Å². The van der Waals surface area contributed by atoms with Crippen LogP contribution in [0.4, 0.5) is 0 Å². The van der Waals surface area contributed by atoms with Crippen molar-refractivity contribution >= 4 is 5.91 Å². The maximum Gasteiger partial charge on any atom is 0.223 e. The van der Waals surface area contributed by atoms with Crippen LogP contribution in [0, 0.1) is 11.3 Å². The summed E-state index contributed by atoms with van der Waals surface area (Å²) < 4.78 is 0. The average Bonchev–Trinajstić information content (AvgIpc) is 2.18. The number of nitrogens with two attached hydrogens (primary N) is 1. The van der Waals surface area contributed by atoms with E-state index in [-0.39, 0.29) is 17.2 Å². The average molecular weight is 212 g/mol. The fourth-order valence-corrected chi connectivity index (χ4v) is 1.95. The van der Waals surface area contributed by atoms with Crippen LogP contribution in [-0.4, -0.2) is 19.0 Å². The van der Waals surface area contributed by atoms with Crippen molar-refractivity contribution < 1.29 is 4.79 Å². The van der Waals surface area contributed by atoms with Crippen molar-refractivity contribution in [2.75, 3.05) is 13.1 Å². The molecule has 0 aromatic carbocycles. The highest BCUT2D eigenvalue weighted by atomic mass is 16.1. The quantitative estimate of drug-likeness (QED) is 0.703. The fourth-order valence-electron chi connectivity index (χ4n) is 1.95. The monoisotopic (exact) mass is 212 g/mol. The largest absolute Gasteiger partial charge is 0.355 e. The molecule has 1 rings (SSSR count). The van der Waals surface area contributed by atoms with E-state index in [1.165, 1.54) is 6.42 Å². The molecule has 3 nitrogen and oxygen atoms in total. The molecule has 0 aromatic rings. The Bertz CT molecular complexity index is 199. The van der Waals surface area contributed by atoms with Crippen LogP contribution in [0.15, 0.2) is 0 Å². The lowest BCUT2D eigenvalue weighted by molar-refractivity contribution is -0.127. The molecule has 0 spiro atoms. The number of nitrogens with one attached hydrogen (secondary N) is 1. The van der Waals surface area contributed by atoms with E-state index in [4.69, 9.17) is 5.73 Å². The molecule has 3 N–H and O–H groups in total. The third kappa shape index (κ3) is 2.94. The maximum absolute atomic E-state index is 11.7. The molecule has 1 aliphatic carbocycles. The van der Waals surface area contributed by atoms with Gasteiger partial charge in [-0.25, -0.2) is 0 Å². The van der Waals surface area contributed by atoms with Gasteiger partial charge in [-0.3, -0.25) is 4.79 Å². The van der Waals surface area contributed by atoms with Gasteiger partial charge in [0.05, 0.1) is 0 Å². The van der Waals surface area contributed by atoms with Crippen LogP contribution in [0.1, 0.15) is 46.0 Å². The van der Waals surface area contributed by atoms with Crippen molar-refractivity contribution in [2.24, 2.45) is 17.1 Å². The Morgan fingerprint density at radius 1 is 1.40 bits per heavy atom. The normalized spacial score (nSPS) is 17.3. The van der Waals surface area contributed by atoms with E-state index >= 15 is 0 Å². The van der Waals surface area contributed by atoms with E-state index in [0.717, 1.165) is 32.2 Å². The van der Waals surface area contributed by atoms with Crippen molar-refractivity contribution in [1.29, 1.82) is 0 Å². The SMILES string of the molecule is CCC(CC)(CN)CNC(=O)C1CCC1. The fraction of sp³-hybridized carbons (Fsp3) is 0.917. The van der Waals surface area contributed by atoms with Crippen LogP contribution in [0.5, 0.6) is 0 Å². The minimum Gasteiger partial charge on any atom is -0.355 e. The molecule has 0 aromatic heterocycles. The van der Waals surface area contributed by atoms with Crippen LogP contribution in [0.2, 0.25) is 0 Å². The van der Waals surface area contributed by atoms with Gasteiger partial charge in [-0.15, -0.1) is 0 Å². The van der Waals surface area contributed by atoms with Crippen molar-refractivity contribution in [2.45, 2.75) is 46.0 Å². The Hall–Kier alpha value is -0.570. The Balaban J connectivity index is 2.35. The lowest BCUT2D eigenvalue weighted by Gasteiger charge is -2.32. The lowest BCUT2D eigenvalue weighted by Crippen LogP contribution is -2.44. The third-order valence-electron chi connectivity index (χ3n) is 4.05. The zero-order valence-corrected chi connectivity index (χ0v) is 10.0. The minimum atomic E-state index is 0.111. The zero-order valence-electron chi connectivity index (χ0n) is 10.0. The molecule has 0 saturated heterocycles. The molecule has 1 saturated carbocycles. The molecule has 0 aliphatic heterocycles. The van der Waals surface area contributed by atoms with Gasteiger partial charge in [-0.2, -0.15) is 0 Å². The minimum absolute atomic E-state index is 0.111. The summed E-state index contributed by atoms with van der Waals surface area (Å²) >= 11 is 0. The first-order valence-electron chi connectivity index (χ1n) is 6.15. The van der Waals surface area contributed by atoms with Gasteiger partial charge >= 0.3 is 0 Å². The van der Waals surface area contributed by atoms with Gasteiger partial charge in [0.2, 0.25) is 5.91 Å². The summed E-state index contributed by atoms with van der Waals surface area (Å²) in [5.74, 6) is 0.523. The van der Waals surface area contributed by atoms with E-state index in [2.05, 4.69) is 19.2 Å². The van der Waals surface area contributed by atoms with Crippen LogP contribution < -0.4 is 11.1 Å². The predicted molar refractivity (Wildman–Crippen MR) is 62.4 cm³/mol. The molecule has 15 heavy (non-hydrogen) atoms. The Labute approximate surface area is 92.8 Å². The number of carbonyl (C=O) groups excluding carboxylic acids is 1. The summed E-state index contributed by atoms with van der Waals surface area (Å²) in [7, 11) is 0. The first kappa shape index (κ1) is 12.5. The van der Waals surface area contributed by atoms with Gasteiger partial charge in [0, 0.05) is 12.5 Å². The molecule has 1 fully saturated rings. The van der Waals surface area contributed by atoms with Gasteiger partial charge in [0.1, 0.15) is 0 Å². The van der Waals surface area contributed by atoms with E-state index in [9.17, 15) is 4.79 Å². The maximum atomic E-state index is 11.7. The highest BCUT2D eigenvalue weighted by molar-refractivity contribution is 5.79. The molecule has 0 atom stereocenters. The van der Waals surface area contributed by atoms with Gasteiger partial charge in [-0.1, -0.05) is 20.3 Å². The van der Waals surface area contributed by atoms with Crippen LogP contribution in [-0.2, 0) is 4.79 Å². The molecule has 0 unspecified atom stereocenters. The second-order valence-electron chi connectivity index (χ2n) is 4.76. The Morgan fingerprint density at radius 3 is 2.33 bits per heavy atom. The molecule has 1 aliphatic rings. The molecular formula is C12H24N2O. The summed E-state index contributed by atoms with van der Waals surface area (Å²) in [6.07, 6.45) is 5.41. The number of hydrogen-bond donors (Lipinski definition) is 2. The second kappa shape index (κ2) is 5.50. The van der Waals surface area contributed by atoms with Crippen LogP contribution in [0.25, 0.3) is 0 Å². The molecule has 88 valence electrons. The zero-order chi connectivity index (χ0) is 11.3. The third-order valence-corrected chi connectivity index (χ3v) is 4.05. The summed E-state index contributed by atoms with van der Waals surface area (Å²) in [4.78, 5) is 11.7. The van der Waals surface area contributed by atoms with Crippen molar-refractivity contribution in [3.05, 3.63) is 0 Å². The summed E-state index contributed by atoms with van der Waals surface area (Å²) in [6.45, 7) is 5.69.